The molecular formula is C30H28NO2P. The molecule has 0 radical (unpaired) electrons. The van der Waals surface area contributed by atoms with Crippen molar-refractivity contribution < 1.29 is 9.59 Å². The average molecular weight is 466 g/mol. The molecule has 1 heterocycles. The summed E-state index contributed by atoms with van der Waals surface area (Å²) in [6.45, 7) is 2.00. The minimum absolute atomic E-state index is 0.181. The molecule has 1 unspecified atom stereocenters. The topological polar surface area (TPSA) is 37.4 Å². The van der Waals surface area contributed by atoms with Gasteiger partial charge in [0.05, 0.1) is 0 Å². The van der Waals surface area contributed by atoms with E-state index in [0.29, 0.717) is 11.1 Å². The van der Waals surface area contributed by atoms with Crippen molar-refractivity contribution in [1.82, 2.24) is 4.90 Å². The van der Waals surface area contributed by atoms with Gasteiger partial charge in [-0.2, -0.15) is 0 Å². The van der Waals surface area contributed by atoms with Crippen LogP contribution in [-0.2, 0) is 0 Å². The minimum atomic E-state index is -2.41. The fraction of sp³-hybridized carbons (Fsp3) is 0.133. The Bertz CT molecular complexity index is 1170. The van der Waals surface area contributed by atoms with Crippen LogP contribution in [0, 0.1) is 0 Å². The molecule has 0 aromatic heterocycles. The Labute approximate surface area is 201 Å². The Morgan fingerprint density at radius 3 is 1.32 bits per heavy atom. The molecule has 0 N–H and O–H groups in total. The summed E-state index contributed by atoms with van der Waals surface area (Å²) in [5.74, 6) is -0.362. The molecular weight excluding hydrogens is 437 g/mol. The molecule has 5 rings (SSSR count). The number of carbonyl (C=O) groups is 2. The molecule has 34 heavy (non-hydrogen) atoms. The molecule has 1 aliphatic rings. The number of fused-ring (bicyclic) bond motifs is 1. The molecule has 2 amide bonds. The first-order chi connectivity index (χ1) is 16.6. The van der Waals surface area contributed by atoms with Crippen molar-refractivity contribution in [2.24, 2.45) is 0 Å². The van der Waals surface area contributed by atoms with Crippen LogP contribution >= 0.6 is 7.26 Å². The van der Waals surface area contributed by atoms with E-state index in [4.69, 9.17) is 0 Å². The first-order valence-electron chi connectivity index (χ1n) is 11.8. The zero-order valence-corrected chi connectivity index (χ0v) is 20.2. The van der Waals surface area contributed by atoms with E-state index in [2.05, 4.69) is 91.0 Å². The Kier molecular flexibility index (Phi) is 6.13. The summed E-state index contributed by atoms with van der Waals surface area (Å²) in [7, 11) is -2.41. The second-order valence-electron chi connectivity index (χ2n) is 8.92. The molecule has 4 aromatic rings. The van der Waals surface area contributed by atoms with Crippen molar-refractivity contribution in [3.63, 3.8) is 0 Å². The Morgan fingerprint density at radius 2 is 0.941 bits per heavy atom. The van der Waals surface area contributed by atoms with Crippen LogP contribution in [0.5, 0.6) is 0 Å². The van der Waals surface area contributed by atoms with E-state index in [1.165, 1.54) is 20.8 Å². The van der Waals surface area contributed by atoms with E-state index in [0.717, 1.165) is 12.6 Å². The van der Waals surface area contributed by atoms with Crippen molar-refractivity contribution in [3.05, 3.63) is 126 Å². The molecule has 0 saturated carbocycles. The third-order valence-electron chi connectivity index (χ3n) is 7.00. The van der Waals surface area contributed by atoms with Crippen LogP contribution < -0.4 is 15.9 Å². The van der Waals surface area contributed by atoms with Crippen molar-refractivity contribution in [3.8, 4) is 0 Å². The Hall–Kier alpha value is -3.55. The number of benzene rings is 4. The fourth-order valence-electron chi connectivity index (χ4n) is 5.26. The van der Waals surface area contributed by atoms with Gasteiger partial charge in [0, 0.05) is 0 Å². The summed E-state index contributed by atoms with van der Waals surface area (Å²) < 4.78 is 0. The molecule has 4 aromatic carbocycles. The number of hydrogen-bond donors (Lipinski definition) is 0. The average Bonchev–Trinajstić information content (AvgIpc) is 3.16. The maximum atomic E-state index is 13.1. The predicted molar refractivity (Wildman–Crippen MR) is 142 cm³/mol. The van der Waals surface area contributed by atoms with Gasteiger partial charge in [0.25, 0.3) is 0 Å². The summed E-state index contributed by atoms with van der Waals surface area (Å²) >= 11 is 0. The quantitative estimate of drug-likeness (QED) is 0.291. The molecule has 0 spiro atoms. The van der Waals surface area contributed by atoms with E-state index in [9.17, 15) is 9.59 Å². The number of amides is 2. The van der Waals surface area contributed by atoms with E-state index in [-0.39, 0.29) is 17.9 Å². The molecule has 4 heteroatoms. The normalized spacial score (nSPS) is 14.7. The van der Waals surface area contributed by atoms with Crippen LogP contribution in [-0.4, -0.2) is 28.9 Å². The van der Waals surface area contributed by atoms with E-state index in [1.54, 1.807) is 12.1 Å². The van der Waals surface area contributed by atoms with Gasteiger partial charge in [0.2, 0.25) is 0 Å². The molecule has 1 aliphatic heterocycles. The van der Waals surface area contributed by atoms with Gasteiger partial charge in [-0.15, -0.1) is 0 Å². The van der Waals surface area contributed by atoms with Gasteiger partial charge in [0.15, 0.2) is 0 Å². The van der Waals surface area contributed by atoms with Gasteiger partial charge in [-0.25, -0.2) is 0 Å². The number of carbonyl (C=O) groups excluding carboxylic acids is 2. The third kappa shape index (κ3) is 3.77. The Balaban J connectivity index is 1.55. The second kappa shape index (κ2) is 9.37. The molecule has 0 fully saturated rings. The zero-order valence-electron chi connectivity index (χ0n) is 19.2. The summed E-state index contributed by atoms with van der Waals surface area (Å²) in [5.41, 5.74) is 1.02. The van der Waals surface area contributed by atoms with Crippen molar-refractivity contribution in [1.29, 1.82) is 0 Å². The van der Waals surface area contributed by atoms with E-state index >= 15 is 0 Å². The van der Waals surface area contributed by atoms with Crippen molar-refractivity contribution >= 4 is 35.0 Å². The van der Waals surface area contributed by atoms with Gasteiger partial charge in [-0.3, -0.25) is 0 Å². The molecule has 170 valence electrons. The molecule has 0 saturated heterocycles. The second-order valence-corrected chi connectivity index (χ2v) is 13.0. The van der Waals surface area contributed by atoms with Crippen molar-refractivity contribution in [2.45, 2.75) is 19.4 Å². The first-order valence-corrected chi connectivity index (χ1v) is 14.0. The van der Waals surface area contributed by atoms with Crippen LogP contribution in [0.2, 0.25) is 0 Å². The Morgan fingerprint density at radius 1 is 0.588 bits per heavy atom. The predicted octanol–water partition coefficient (Wildman–Crippen LogP) is 4.79. The van der Waals surface area contributed by atoms with Gasteiger partial charge in [0.1, 0.15) is 0 Å². The zero-order chi connectivity index (χ0) is 23.5. The number of hydrogen-bond acceptors (Lipinski definition) is 2. The van der Waals surface area contributed by atoms with E-state index in [1.807, 2.05) is 19.1 Å². The number of nitrogens with zero attached hydrogens (tertiary/aromatic N) is 1. The fourth-order valence-corrected chi connectivity index (χ4v) is 10.3. The molecule has 3 nitrogen and oxygen atoms in total. The van der Waals surface area contributed by atoms with Crippen molar-refractivity contribution in [2.75, 3.05) is 6.16 Å². The number of imide groups is 1. The maximum absolute atomic E-state index is 13.1. The van der Waals surface area contributed by atoms with Gasteiger partial charge >= 0.3 is 201 Å². The van der Waals surface area contributed by atoms with Gasteiger partial charge in [-0.05, 0) is 0 Å². The van der Waals surface area contributed by atoms with E-state index < -0.39 is 7.26 Å². The van der Waals surface area contributed by atoms with Crippen LogP contribution in [0.3, 0.4) is 0 Å². The molecule has 1 atom stereocenters. The van der Waals surface area contributed by atoms with Crippen LogP contribution in [0.25, 0.3) is 0 Å². The summed E-state index contributed by atoms with van der Waals surface area (Å²) in [5, 5.41) is 4.01. The first kappa shape index (κ1) is 22.3. The monoisotopic (exact) mass is 465 g/mol. The van der Waals surface area contributed by atoms with Gasteiger partial charge < -0.3 is 0 Å². The van der Waals surface area contributed by atoms with Crippen LogP contribution in [0.1, 0.15) is 34.1 Å². The van der Waals surface area contributed by atoms with Crippen LogP contribution in [0.4, 0.5) is 0 Å². The third-order valence-corrected chi connectivity index (χ3v) is 12.0. The SMILES string of the molecule is CC(CC[PH](c1ccccc1)(c1ccccc1)c1ccccc1)N1C(=O)c2ccccc2C1=O. The summed E-state index contributed by atoms with van der Waals surface area (Å²) in [6, 6.07) is 39.2. The van der Waals surface area contributed by atoms with Crippen LogP contribution in [0.15, 0.2) is 115 Å². The molecule has 0 aliphatic carbocycles. The number of rotatable bonds is 7. The molecule has 0 bridgehead atoms. The summed E-state index contributed by atoms with van der Waals surface area (Å²) in [4.78, 5) is 27.7. The standard InChI is InChI=1S/C30H28NO2P/c1-23(31-29(32)27-19-11-12-20-28(27)30(31)33)21-22-34(24-13-5-2-6-14-24,25-15-7-3-8-16-25)26-17-9-4-10-18-26/h2-20,23,34H,21-22H2,1H3. The summed E-state index contributed by atoms with van der Waals surface area (Å²) in [6.07, 6.45) is 1.62. The van der Waals surface area contributed by atoms with Gasteiger partial charge in [-0.1, -0.05) is 0 Å².